The van der Waals surface area contributed by atoms with Crippen molar-refractivity contribution >= 4 is 46.6 Å². The molecule has 3 aromatic carbocycles. The number of anilines is 2. The predicted molar refractivity (Wildman–Crippen MR) is 125 cm³/mol. The summed E-state index contributed by atoms with van der Waals surface area (Å²) >= 11 is 7.47. The number of carbonyl (C=O) groups excluding carboxylic acids is 2. The summed E-state index contributed by atoms with van der Waals surface area (Å²) < 4.78 is 0. The number of carbonyl (C=O) groups is 2. The summed E-state index contributed by atoms with van der Waals surface area (Å²) in [4.78, 5) is 25.7. The van der Waals surface area contributed by atoms with Crippen LogP contribution in [0.3, 0.4) is 0 Å². The summed E-state index contributed by atoms with van der Waals surface area (Å²) in [6.07, 6.45) is 0.331. The van der Waals surface area contributed by atoms with Crippen LogP contribution in [-0.4, -0.2) is 17.1 Å². The zero-order valence-electron chi connectivity index (χ0n) is 16.8. The molecule has 4 nitrogen and oxygen atoms in total. The van der Waals surface area contributed by atoms with Gasteiger partial charge in [-0.3, -0.25) is 9.59 Å². The van der Waals surface area contributed by atoms with Gasteiger partial charge in [0.15, 0.2) is 0 Å². The SMILES string of the molecule is Cc1ccc(Cl)cc1NC(=O)C(C)Sc1ccc(NC(=O)Cc2ccccc2)cc1. The van der Waals surface area contributed by atoms with E-state index in [1.54, 1.807) is 12.1 Å². The molecule has 0 saturated heterocycles. The molecule has 154 valence electrons. The molecule has 0 aliphatic carbocycles. The third-order valence-electron chi connectivity index (χ3n) is 4.49. The largest absolute Gasteiger partial charge is 0.326 e. The summed E-state index contributed by atoms with van der Waals surface area (Å²) in [5.74, 6) is -0.156. The van der Waals surface area contributed by atoms with E-state index in [0.29, 0.717) is 11.4 Å². The Balaban J connectivity index is 1.53. The molecule has 0 fully saturated rings. The first-order valence-electron chi connectivity index (χ1n) is 9.58. The number of hydrogen-bond donors (Lipinski definition) is 2. The molecule has 2 N–H and O–H groups in total. The van der Waals surface area contributed by atoms with Gasteiger partial charge in [0.25, 0.3) is 0 Å². The van der Waals surface area contributed by atoms with Gasteiger partial charge in [0.05, 0.1) is 11.7 Å². The second-order valence-corrected chi connectivity index (χ2v) is 8.79. The number of aryl methyl sites for hydroxylation is 1. The fourth-order valence-electron chi connectivity index (χ4n) is 2.82. The van der Waals surface area contributed by atoms with E-state index in [-0.39, 0.29) is 17.1 Å². The van der Waals surface area contributed by atoms with Gasteiger partial charge >= 0.3 is 0 Å². The van der Waals surface area contributed by atoms with Gasteiger partial charge in [0.2, 0.25) is 11.8 Å². The fourth-order valence-corrected chi connectivity index (χ4v) is 3.86. The molecule has 0 heterocycles. The summed E-state index contributed by atoms with van der Waals surface area (Å²) in [5, 5.41) is 6.12. The minimum atomic E-state index is -0.290. The standard InChI is InChI=1S/C24H23ClN2O2S/c1-16-8-9-19(25)15-22(16)27-24(29)17(2)30-21-12-10-20(11-13-21)26-23(28)14-18-6-4-3-5-7-18/h3-13,15,17H,14H2,1-2H3,(H,26,28)(H,27,29). The van der Waals surface area contributed by atoms with Crippen molar-refractivity contribution in [2.24, 2.45) is 0 Å². The third-order valence-corrected chi connectivity index (χ3v) is 5.83. The molecule has 0 spiro atoms. The lowest BCUT2D eigenvalue weighted by Crippen LogP contribution is -2.22. The Morgan fingerprint density at radius 3 is 2.37 bits per heavy atom. The first-order valence-corrected chi connectivity index (χ1v) is 10.8. The average molecular weight is 439 g/mol. The molecule has 0 aliphatic heterocycles. The lowest BCUT2D eigenvalue weighted by atomic mass is 10.1. The summed E-state index contributed by atoms with van der Waals surface area (Å²) in [6.45, 7) is 3.78. The van der Waals surface area contributed by atoms with E-state index < -0.39 is 0 Å². The Morgan fingerprint density at radius 2 is 1.67 bits per heavy atom. The summed E-state index contributed by atoms with van der Waals surface area (Å²) in [6, 6.07) is 22.5. The van der Waals surface area contributed by atoms with Crippen LogP contribution in [0.5, 0.6) is 0 Å². The first kappa shape index (κ1) is 21.9. The van der Waals surface area contributed by atoms with E-state index in [1.807, 2.05) is 74.5 Å². The van der Waals surface area contributed by atoms with Crippen molar-refractivity contribution in [2.75, 3.05) is 10.6 Å². The van der Waals surface area contributed by atoms with E-state index in [9.17, 15) is 9.59 Å². The Morgan fingerprint density at radius 1 is 0.967 bits per heavy atom. The Kier molecular flexibility index (Phi) is 7.55. The monoisotopic (exact) mass is 438 g/mol. The Bertz CT molecular complexity index is 1020. The number of benzene rings is 3. The minimum Gasteiger partial charge on any atom is -0.326 e. The number of hydrogen-bond acceptors (Lipinski definition) is 3. The van der Waals surface area contributed by atoms with E-state index in [1.165, 1.54) is 11.8 Å². The summed E-state index contributed by atoms with van der Waals surface area (Å²) in [7, 11) is 0. The molecule has 30 heavy (non-hydrogen) atoms. The normalized spacial score (nSPS) is 11.6. The minimum absolute atomic E-state index is 0.0637. The van der Waals surface area contributed by atoms with Crippen LogP contribution in [0.25, 0.3) is 0 Å². The van der Waals surface area contributed by atoms with Gasteiger partial charge in [-0.25, -0.2) is 0 Å². The quantitative estimate of drug-likeness (QED) is 0.448. The van der Waals surface area contributed by atoms with Crippen LogP contribution in [0.4, 0.5) is 11.4 Å². The van der Waals surface area contributed by atoms with E-state index in [0.717, 1.165) is 27.4 Å². The van der Waals surface area contributed by atoms with Gasteiger partial charge in [-0.15, -0.1) is 11.8 Å². The summed E-state index contributed by atoms with van der Waals surface area (Å²) in [5.41, 5.74) is 3.38. The molecule has 6 heteroatoms. The van der Waals surface area contributed by atoms with Crippen LogP contribution in [0.1, 0.15) is 18.1 Å². The molecule has 3 aromatic rings. The van der Waals surface area contributed by atoms with Crippen molar-refractivity contribution in [1.82, 2.24) is 0 Å². The van der Waals surface area contributed by atoms with Gasteiger partial charge < -0.3 is 10.6 Å². The van der Waals surface area contributed by atoms with Crippen LogP contribution >= 0.6 is 23.4 Å². The maximum Gasteiger partial charge on any atom is 0.237 e. The van der Waals surface area contributed by atoms with Crippen LogP contribution in [0.15, 0.2) is 77.7 Å². The highest BCUT2D eigenvalue weighted by Gasteiger charge is 2.16. The van der Waals surface area contributed by atoms with Crippen LogP contribution in [-0.2, 0) is 16.0 Å². The maximum absolute atomic E-state index is 12.5. The van der Waals surface area contributed by atoms with Crippen molar-refractivity contribution in [3.05, 3.63) is 88.9 Å². The van der Waals surface area contributed by atoms with Gasteiger partial charge in [-0.1, -0.05) is 48.0 Å². The van der Waals surface area contributed by atoms with Gasteiger partial charge in [-0.2, -0.15) is 0 Å². The van der Waals surface area contributed by atoms with Crippen molar-refractivity contribution < 1.29 is 9.59 Å². The highest BCUT2D eigenvalue weighted by molar-refractivity contribution is 8.00. The number of nitrogens with one attached hydrogen (secondary N) is 2. The average Bonchev–Trinajstić information content (AvgIpc) is 2.72. The molecule has 0 aromatic heterocycles. The van der Waals surface area contributed by atoms with Crippen LogP contribution in [0.2, 0.25) is 5.02 Å². The number of thioether (sulfide) groups is 1. The molecule has 0 saturated carbocycles. The number of halogens is 1. The van der Waals surface area contributed by atoms with E-state index in [4.69, 9.17) is 11.6 Å². The molecule has 3 rings (SSSR count). The highest BCUT2D eigenvalue weighted by atomic mass is 35.5. The predicted octanol–water partition coefficient (Wildman–Crippen LogP) is 5.95. The number of amides is 2. The van der Waals surface area contributed by atoms with E-state index >= 15 is 0 Å². The van der Waals surface area contributed by atoms with Gasteiger partial charge in [0, 0.05) is 21.3 Å². The van der Waals surface area contributed by atoms with Crippen molar-refractivity contribution in [3.8, 4) is 0 Å². The van der Waals surface area contributed by atoms with Crippen LogP contribution in [0, 0.1) is 6.92 Å². The van der Waals surface area contributed by atoms with Gasteiger partial charge in [-0.05, 0) is 61.4 Å². The Labute approximate surface area is 186 Å². The second kappa shape index (κ2) is 10.3. The fraction of sp³-hybridized carbons (Fsp3) is 0.167. The molecule has 0 radical (unpaired) electrons. The van der Waals surface area contributed by atoms with Crippen LogP contribution < -0.4 is 10.6 Å². The lowest BCUT2D eigenvalue weighted by Gasteiger charge is -2.14. The maximum atomic E-state index is 12.5. The molecular weight excluding hydrogens is 416 g/mol. The molecule has 0 aliphatic rings. The van der Waals surface area contributed by atoms with E-state index in [2.05, 4.69) is 10.6 Å². The first-order chi connectivity index (χ1) is 14.4. The zero-order chi connectivity index (χ0) is 21.5. The molecule has 1 unspecified atom stereocenters. The third kappa shape index (κ3) is 6.37. The molecule has 0 bridgehead atoms. The van der Waals surface area contributed by atoms with Crippen molar-refractivity contribution in [2.45, 2.75) is 30.4 Å². The van der Waals surface area contributed by atoms with Crippen molar-refractivity contribution in [1.29, 1.82) is 0 Å². The highest BCUT2D eigenvalue weighted by Crippen LogP contribution is 2.27. The lowest BCUT2D eigenvalue weighted by molar-refractivity contribution is -0.116. The van der Waals surface area contributed by atoms with Gasteiger partial charge in [0.1, 0.15) is 0 Å². The molecule has 2 amide bonds. The van der Waals surface area contributed by atoms with Crippen molar-refractivity contribution in [3.63, 3.8) is 0 Å². The Hall–Kier alpha value is -2.76. The smallest absolute Gasteiger partial charge is 0.237 e. The molecule has 1 atom stereocenters. The number of rotatable bonds is 7. The molecular formula is C24H23ClN2O2S. The zero-order valence-corrected chi connectivity index (χ0v) is 18.4. The topological polar surface area (TPSA) is 58.2 Å². The second-order valence-electron chi connectivity index (χ2n) is 6.94.